The summed E-state index contributed by atoms with van der Waals surface area (Å²) in [6.07, 6.45) is 0. The van der Waals surface area contributed by atoms with E-state index in [0.717, 1.165) is 0 Å². The summed E-state index contributed by atoms with van der Waals surface area (Å²) in [4.78, 5) is 11.9. The fourth-order valence-corrected chi connectivity index (χ4v) is 4.69. The van der Waals surface area contributed by atoms with Crippen LogP contribution in [0.5, 0.6) is 5.75 Å². The van der Waals surface area contributed by atoms with Crippen LogP contribution in [0, 0.1) is 0 Å². The van der Waals surface area contributed by atoms with Gasteiger partial charge in [0.15, 0.2) is 5.75 Å². The first-order chi connectivity index (χ1) is 12.8. The number of halogens is 4. The van der Waals surface area contributed by atoms with Crippen molar-refractivity contribution in [3.63, 3.8) is 0 Å². The molecule has 0 aliphatic carbocycles. The number of carbonyl (C=O) groups is 1. The molecule has 0 saturated heterocycles. The van der Waals surface area contributed by atoms with Crippen molar-refractivity contribution < 1.29 is 14.6 Å². The van der Waals surface area contributed by atoms with Crippen LogP contribution in [0.1, 0.15) is 10.4 Å². The number of hydrogen-bond acceptors (Lipinski definition) is 4. The number of carboxylic acids is 1. The molecule has 0 saturated carbocycles. The average molecular weight is 463 g/mol. The number of ether oxygens (including phenoxy) is 1. The first-order valence-corrected chi connectivity index (χ1v) is 9.81. The molecule has 0 fully saturated rings. The van der Waals surface area contributed by atoms with Crippen molar-refractivity contribution >= 4 is 74.4 Å². The fraction of sp³-hybridized carbons (Fsp3) is 0.0556. The standard InChI is InChI=1S/C18H11Cl4NO3S/c1-26-16-12(21)6-11(20)15(14(16)22)23-17-13(18(24)25)10(7-27-17)8-3-2-4-9(19)5-8/h2-7,23H,1H3,(H,24,25). The van der Waals surface area contributed by atoms with E-state index in [0.29, 0.717) is 26.8 Å². The number of carboxylic acid groups (broad SMARTS) is 1. The van der Waals surface area contributed by atoms with Gasteiger partial charge in [-0.05, 0) is 23.8 Å². The smallest absolute Gasteiger partial charge is 0.339 e. The molecule has 4 nitrogen and oxygen atoms in total. The van der Waals surface area contributed by atoms with E-state index >= 15 is 0 Å². The SMILES string of the molecule is COc1c(Cl)cc(Cl)c(Nc2scc(-c3cccc(Cl)c3)c2C(=O)O)c1Cl. The fourth-order valence-electron chi connectivity index (χ4n) is 2.52. The Morgan fingerprint density at radius 3 is 2.52 bits per heavy atom. The third-order valence-corrected chi connectivity index (χ3v) is 5.78. The molecular weight excluding hydrogens is 452 g/mol. The Hall–Kier alpha value is -1.63. The van der Waals surface area contributed by atoms with Crippen LogP contribution in [-0.4, -0.2) is 18.2 Å². The lowest BCUT2D eigenvalue weighted by Gasteiger charge is -2.14. The van der Waals surface area contributed by atoms with Crippen LogP contribution in [-0.2, 0) is 0 Å². The van der Waals surface area contributed by atoms with E-state index in [1.54, 1.807) is 29.6 Å². The van der Waals surface area contributed by atoms with Crippen molar-refractivity contribution in [1.29, 1.82) is 0 Å². The molecule has 140 valence electrons. The number of benzene rings is 2. The van der Waals surface area contributed by atoms with Gasteiger partial charge in [-0.15, -0.1) is 11.3 Å². The second-order valence-corrected chi connectivity index (χ2v) is 7.86. The summed E-state index contributed by atoms with van der Waals surface area (Å²) in [7, 11) is 1.43. The van der Waals surface area contributed by atoms with Crippen molar-refractivity contribution in [2.75, 3.05) is 12.4 Å². The van der Waals surface area contributed by atoms with Crippen LogP contribution in [0.4, 0.5) is 10.7 Å². The molecule has 9 heteroatoms. The molecule has 0 amide bonds. The molecule has 0 aliphatic rings. The summed E-state index contributed by atoms with van der Waals surface area (Å²) in [5.41, 5.74) is 1.62. The highest BCUT2D eigenvalue weighted by atomic mass is 35.5. The Balaban J connectivity index is 2.11. The molecule has 0 aliphatic heterocycles. The van der Waals surface area contributed by atoms with Gasteiger partial charge in [0.25, 0.3) is 0 Å². The van der Waals surface area contributed by atoms with Gasteiger partial charge in [0, 0.05) is 16.0 Å². The minimum Gasteiger partial charge on any atom is -0.494 e. The molecule has 0 bridgehead atoms. The number of nitrogens with one attached hydrogen (secondary N) is 1. The number of methoxy groups -OCH3 is 1. The molecule has 3 aromatic rings. The first-order valence-electron chi connectivity index (χ1n) is 7.42. The maximum Gasteiger partial charge on any atom is 0.339 e. The van der Waals surface area contributed by atoms with Crippen LogP contribution >= 0.6 is 57.7 Å². The number of rotatable bonds is 5. The second kappa shape index (κ2) is 8.17. The lowest BCUT2D eigenvalue weighted by Crippen LogP contribution is -2.02. The number of aromatic carboxylic acids is 1. The van der Waals surface area contributed by atoms with Gasteiger partial charge in [0.05, 0.1) is 22.8 Å². The predicted octanol–water partition coefficient (Wildman–Crippen LogP) is 7.48. The van der Waals surface area contributed by atoms with Gasteiger partial charge in [-0.1, -0.05) is 58.5 Å². The van der Waals surface area contributed by atoms with Gasteiger partial charge < -0.3 is 15.2 Å². The van der Waals surface area contributed by atoms with Crippen LogP contribution in [0.25, 0.3) is 11.1 Å². The van der Waals surface area contributed by atoms with E-state index in [1.165, 1.54) is 24.5 Å². The Kier molecular flexibility index (Phi) is 6.08. The minimum atomic E-state index is -1.10. The number of thiophene rings is 1. The maximum absolute atomic E-state index is 11.9. The maximum atomic E-state index is 11.9. The summed E-state index contributed by atoms with van der Waals surface area (Å²) < 4.78 is 5.18. The quantitative estimate of drug-likeness (QED) is 0.412. The minimum absolute atomic E-state index is 0.0864. The molecule has 0 spiro atoms. The zero-order valence-electron chi connectivity index (χ0n) is 13.6. The van der Waals surface area contributed by atoms with Gasteiger partial charge >= 0.3 is 5.97 Å². The first kappa shape index (κ1) is 20.1. The zero-order chi connectivity index (χ0) is 19.7. The predicted molar refractivity (Wildman–Crippen MR) is 113 cm³/mol. The van der Waals surface area contributed by atoms with Crippen LogP contribution in [0.2, 0.25) is 20.1 Å². The summed E-state index contributed by atoms with van der Waals surface area (Å²) in [6, 6.07) is 8.44. The van der Waals surface area contributed by atoms with Crippen LogP contribution in [0.15, 0.2) is 35.7 Å². The highest BCUT2D eigenvalue weighted by molar-refractivity contribution is 7.15. The Morgan fingerprint density at radius 2 is 1.89 bits per heavy atom. The monoisotopic (exact) mass is 461 g/mol. The molecule has 1 heterocycles. The third-order valence-electron chi connectivity index (χ3n) is 3.71. The van der Waals surface area contributed by atoms with E-state index in [9.17, 15) is 9.90 Å². The van der Waals surface area contributed by atoms with Gasteiger partial charge in [0.2, 0.25) is 0 Å². The van der Waals surface area contributed by atoms with E-state index in [2.05, 4.69) is 5.32 Å². The van der Waals surface area contributed by atoms with Crippen LogP contribution in [0.3, 0.4) is 0 Å². The van der Waals surface area contributed by atoms with Crippen molar-refractivity contribution in [3.8, 4) is 16.9 Å². The topological polar surface area (TPSA) is 58.6 Å². The summed E-state index contributed by atoms with van der Waals surface area (Å²) in [5, 5.41) is 16.0. The van der Waals surface area contributed by atoms with Crippen molar-refractivity contribution in [1.82, 2.24) is 0 Å². The molecule has 1 aromatic heterocycles. The van der Waals surface area contributed by atoms with Gasteiger partial charge in [0.1, 0.15) is 15.6 Å². The molecule has 0 atom stereocenters. The molecular formula is C18H11Cl4NO3S. The zero-order valence-corrected chi connectivity index (χ0v) is 17.5. The van der Waals surface area contributed by atoms with Crippen molar-refractivity contribution in [2.24, 2.45) is 0 Å². The lowest BCUT2D eigenvalue weighted by molar-refractivity contribution is 0.0699. The van der Waals surface area contributed by atoms with E-state index in [1.807, 2.05) is 0 Å². The van der Waals surface area contributed by atoms with Crippen LogP contribution < -0.4 is 10.1 Å². The lowest BCUT2D eigenvalue weighted by atomic mass is 10.0. The molecule has 27 heavy (non-hydrogen) atoms. The van der Waals surface area contributed by atoms with Gasteiger partial charge in [-0.2, -0.15) is 0 Å². The molecule has 3 rings (SSSR count). The van der Waals surface area contributed by atoms with Gasteiger partial charge in [-0.25, -0.2) is 4.79 Å². The van der Waals surface area contributed by atoms with Crippen molar-refractivity contribution in [2.45, 2.75) is 0 Å². The second-order valence-electron chi connectivity index (χ2n) is 5.36. The van der Waals surface area contributed by atoms with E-state index < -0.39 is 5.97 Å². The third kappa shape index (κ3) is 3.98. The highest BCUT2D eigenvalue weighted by Crippen LogP contribution is 2.46. The Bertz CT molecular complexity index is 1040. The van der Waals surface area contributed by atoms with E-state index in [-0.39, 0.29) is 26.4 Å². The number of anilines is 2. The normalized spacial score (nSPS) is 10.7. The van der Waals surface area contributed by atoms with Crippen molar-refractivity contribution in [3.05, 3.63) is 61.4 Å². The Labute approximate surface area is 179 Å². The Morgan fingerprint density at radius 1 is 1.15 bits per heavy atom. The molecule has 2 aromatic carbocycles. The average Bonchev–Trinajstić information content (AvgIpc) is 3.03. The highest BCUT2D eigenvalue weighted by Gasteiger charge is 2.23. The molecule has 0 radical (unpaired) electrons. The summed E-state index contributed by atoms with van der Waals surface area (Å²) in [5.74, 6) is -0.851. The summed E-state index contributed by atoms with van der Waals surface area (Å²) in [6.45, 7) is 0. The van der Waals surface area contributed by atoms with E-state index in [4.69, 9.17) is 51.1 Å². The van der Waals surface area contributed by atoms with Gasteiger partial charge in [-0.3, -0.25) is 0 Å². The molecule has 0 unspecified atom stereocenters. The molecule has 2 N–H and O–H groups in total. The summed E-state index contributed by atoms with van der Waals surface area (Å²) >= 11 is 25.9. The number of hydrogen-bond donors (Lipinski definition) is 2. The largest absolute Gasteiger partial charge is 0.494 e.